The average molecular weight is 290 g/mol. The maximum Gasteiger partial charge on any atom is 0.308 e. The molecule has 0 saturated carbocycles. The van der Waals surface area contributed by atoms with Gasteiger partial charge in [0, 0.05) is 32.1 Å². The van der Waals surface area contributed by atoms with E-state index in [-0.39, 0.29) is 31.3 Å². The van der Waals surface area contributed by atoms with Gasteiger partial charge in [-0.15, -0.1) is 0 Å². The van der Waals surface area contributed by atoms with E-state index in [0.29, 0.717) is 6.42 Å². The molecule has 6 nitrogen and oxygen atoms in total. The summed E-state index contributed by atoms with van der Waals surface area (Å²) in [4.78, 5) is 35.9. The van der Waals surface area contributed by atoms with E-state index in [2.05, 4.69) is 5.32 Å². The Labute approximate surface area is 122 Å². The Bertz CT molecular complexity index is 571. The lowest BCUT2D eigenvalue weighted by Gasteiger charge is -2.33. The van der Waals surface area contributed by atoms with E-state index in [0.717, 1.165) is 11.3 Å². The number of carbonyl (C=O) groups excluding carboxylic acids is 2. The Balaban J connectivity index is 2.15. The molecule has 0 saturated heterocycles. The number of carboxylic acid groups (broad SMARTS) is 1. The first-order valence-corrected chi connectivity index (χ1v) is 6.84. The number of hydrogen-bond donors (Lipinski definition) is 2. The zero-order chi connectivity index (χ0) is 15.4. The van der Waals surface area contributed by atoms with Crippen molar-refractivity contribution in [3.05, 3.63) is 29.8 Å². The van der Waals surface area contributed by atoms with Gasteiger partial charge < -0.3 is 15.3 Å². The highest BCUT2D eigenvalue weighted by Crippen LogP contribution is 2.30. The monoisotopic (exact) mass is 290 g/mol. The molecule has 0 spiro atoms. The van der Waals surface area contributed by atoms with Gasteiger partial charge in [-0.3, -0.25) is 14.4 Å². The Morgan fingerprint density at radius 2 is 2.05 bits per heavy atom. The number of fused-ring (bicyclic) bond motifs is 1. The summed E-state index contributed by atoms with van der Waals surface area (Å²) in [6.07, 6.45) is 0.585. The average Bonchev–Trinajstić information content (AvgIpc) is 2.45. The Kier molecular flexibility index (Phi) is 4.57. The molecule has 112 valence electrons. The molecule has 0 bridgehead atoms. The topological polar surface area (TPSA) is 86.7 Å². The first-order chi connectivity index (χ1) is 9.99. The van der Waals surface area contributed by atoms with Gasteiger partial charge in [-0.05, 0) is 18.1 Å². The van der Waals surface area contributed by atoms with Gasteiger partial charge in [-0.2, -0.15) is 0 Å². The Morgan fingerprint density at radius 1 is 1.33 bits per heavy atom. The summed E-state index contributed by atoms with van der Waals surface area (Å²) in [5.74, 6) is -1.86. The highest BCUT2D eigenvalue weighted by atomic mass is 16.4. The molecular weight excluding hydrogens is 272 g/mol. The van der Waals surface area contributed by atoms with Gasteiger partial charge in [0.15, 0.2) is 0 Å². The van der Waals surface area contributed by atoms with Crippen LogP contribution in [0.25, 0.3) is 0 Å². The smallest absolute Gasteiger partial charge is 0.308 e. The van der Waals surface area contributed by atoms with Crippen molar-refractivity contribution in [2.24, 2.45) is 5.92 Å². The van der Waals surface area contributed by atoms with Crippen LogP contribution in [0.15, 0.2) is 24.3 Å². The highest BCUT2D eigenvalue weighted by molar-refractivity contribution is 5.96. The lowest BCUT2D eigenvalue weighted by molar-refractivity contribution is -0.141. The van der Waals surface area contributed by atoms with Crippen LogP contribution in [-0.2, 0) is 20.8 Å². The van der Waals surface area contributed by atoms with Gasteiger partial charge in [-0.25, -0.2) is 0 Å². The maximum absolute atomic E-state index is 12.3. The summed E-state index contributed by atoms with van der Waals surface area (Å²) >= 11 is 0. The van der Waals surface area contributed by atoms with Crippen molar-refractivity contribution in [2.75, 3.05) is 18.0 Å². The van der Waals surface area contributed by atoms with Crippen molar-refractivity contribution in [3.63, 3.8) is 0 Å². The number of para-hydroxylation sites is 1. The lowest BCUT2D eigenvalue weighted by atomic mass is 9.92. The molecule has 2 rings (SSSR count). The van der Waals surface area contributed by atoms with E-state index in [1.807, 2.05) is 24.3 Å². The van der Waals surface area contributed by atoms with Crippen LogP contribution >= 0.6 is 0 Å². The predicted molar refractivity (Wildman–Crippen MR) is 76.9 cm³/mol. The molecule has 6 heteroatoms. The van der Waals surface area contributed by atoms with E-state index in [1.165, 1.54) is 11.8 Å². The molecule has 21 heavy (non-hydrogen) atoms. The fourth-order valence-corrected chi connectivity index (χ4v) is 2.48. The molecule has 1 aromatic carbocycles. The van der Waals surface area contributed by atoms with Crippen LogP contribution in [0.5, 0.6) is 0 Å². The number of nitrogens with one attached hydrogen (secondary N) is 1. The molecule has 1 aliphatic heterocycles. The summed E-state index contributed by atoms with van der Waals surface area (Å²) in [5.41, 5.74) is 1.63. The number of nitrogens with zero attached hydrogens (tertiary/aromatic N) is 1. The summed E-state index contributed by atoms with van der Waals surface area (Å²) in [5, 5.41) is 11.8. The van der Waals surface area contributed by atoms with Crippen molar-refractivity contribution in [3.8, 4) is 0 Å². The zero-order valence-corrected chi connectivity index (χ0v) is 11.8. The number of rotatable bonds is 4. The van der Waals surface area contributed by atoms with Crippen molar-refractivity contribution in [1.29, 1.82) is 0 Å². The fraction of sp³-hybridized carbons (Fsp3) is 0.400. The van der Waals surface area contributed by atoms with Crippen LogP contribution in [0.2, 0.25) is 0 Å². The van der Waals surface area contributed by atoms with E-state index >= 15 is 0 Å². The SMILES string of the molecule is CC(=O)NCCC(=O)N1CC(C(=O)O)Cc2ccccc21. The first kappa shape index (κ1) is 15.0. The molecule has 1 unspecified atom stereocenters. The fourth-order valence-electron chi connectivity index (χ4n) is 2.48. The van der Waals surface area contributed by atoms with Crippen LogP contribution < -0.4 is 10.2 Å². The number of benzene rings is 1. The molecule has 1 aromatic rings. The van der Waals surface area contributed by atoms with Crippen molar-refractivity contribution in [1.82, 2.24) is 5.32 Å². The second-order valence-electron chi connectivity index (χ2n) is 5.11. The summed E-state index contributed by atoms with van der Waals surface area (Å²) in [6, 6.07) is 7.33. The minimum absolute atomic E-state index is 0.153. The van der Waals surface area contributed by atoms with E-state index in [1.54, 1.807) is 0 Å². The standard InChI is InChI=1S/C15H18N2O4/c1-10(18)16-7-6-14(19)17-9-12(15(20)21)8-11-4-2-3-5-13(11)17/h2-5,12H,6-9H2,1H3,(H,16,18)(H,20,21). The van der Waals surface area contributed by atoms with Crippen LogP contribution in [0.4, 0.5) is 5.69 Å². The number of hydrogen-bond acceptors (Lipinski definition) is 3. The van der Waals surface area contributed by atoms with Crippen molar-refractivity contribution < 1.29 is 19.5 Å². The number of carboxylic acids is 1. The van der Waals surface area contributed by atoms with Crippen molar-refractivity contribution >= 4 is 23.5 Å². The van der Waals surface area contributed by atoms with Crippen LogP contribution in [0, 0.1) is 5.92 Å². The van der Waals surface area contributed by atoms with Gasteiger partial charge in [0.1, 0.15) is 0 Å². The second kappa shape index (κ2) is 6.39. The summed E-state index contributed by atoms with van der Waals surface area (Å²) in [7, 11) is 0. The second-order valence-corrected chi connectivity index (χ2v) is 5.11. The molecule has 2 N–H and O–H groups in total. The van der Waals surface area contributed by atoms with E-state index in [9.17, 15) is 19.5 Å². The van der Waals surface area contributed by atoms with E-state index < -0.39 is 11.9 Å². The molecular formula is C15H18N2O4. The molecule has 1 atom stereocenters. The molecule has 0 aliphatic carbocycles. The normalized spacial score (nSPS) is 17.0. The molecule has 0 aromatic heterocycles. The third-order valence-corrected chi connectivity index (χ3v) is 3.51. The van der Waals surface area contributed by atoms with Gasteiger partial charge >= 0.3 is 5.97 Å². The minimum atomic E-state index is -0.899. The van der Waals surface area contributed by atoms with Crippen molar-refractivity contribution in [2.45, 2.75) is 19.8 Å². The maximum atomic E-state index is 12.3. The largest absolute Gasteiger partial charge is 0.481 e. The van der Waals surface area contributed by atoms with Crippen LogP contribution in [0.3, 0.4) is 0 Å². The molecule has 0 radical (unpaired) electrons. The number of anilines is 1. The van der Waals surface area contributed by atoms with Crippen LogP contribution in [0.1, 0.15) is 18.9 Å². The minimum Gasteiger partial charge on any atom is -0.481 e. The first-order valence-electron chi connectivity index (χ1n) is 6.84. The van der Waals surface area contributed by atoms with Gasteiger partial charge in [0.05, 0.1) is 5.92 Å². The zero-order valence-electron chi connectivity index (χ0n) is 11.8. The molecule has 1 aliphatic rings. The quantitative estimate of drug-likeness (QED) is 0.859. The molecule has 2 amide bonds. The summed E-state index contributed by atoms with van der Waals surface area (Å²) < 4.78 is 0. The van der Waals surface area contributed by atoms with E-state index in [4.69, 9.17) is 0 Å². The summed E-state index contributed by atoms with van der Waals surface area (Å²) in [6.45, 7) is 1.82. The van der Waals surface area contributed by atoms with Gasteiger partial charge in [0.25, 0.3) is 0 Å². The van der Waals surface area contributed by atoms with Crippen LogP contribution in [-0.4, -0.2) is 36.0 Å². The Morgan fingerprint density at radius 3 is 2.71 bits per heavy atom. The molecule has 1 heterocycles. The predicted octanol–water partition coefficient (Wildman–Crippen LogP) is 0.803. The highest BCUT2D eigenvalue weighted by Gasteiger charge is 2.31. The Hall–Kier alpha value is -2.37. The number of carbonyl (C=O) groups is 3. The third kappa shape index (κ3) is 3.59. The number of amides is 2. The van der Waals surface area contributed by atoms with Gasteiger partial charge in [-0.1, -0.05) is 18.2 Å². The lowest BCUT2D eigenvalue weighted by Crippen LogP contribution is -2.43. The number of aliphatic carboxylic acids is 1. The molecule has 0 fully saturated rings. The third-order valence-electron chi connectivity index (χ3n) is 3.51. The van der Waals surface area contributed by atoms with Gasteiger partial charge in [0.2, 0.25) is 11.8 Å².